The lowest BCUT2D eigenvalue weighted by Gasteiger charge is -2.31. The van der Waals surface area contributed by atoms with Gasteiger partial charge in [0.15, 0.2) is 0 Å². The second kappa shape index (κ2) is 10.1. The van der Waals surface area contributed by atoms with Crippen LogP contribution in [-0.4, -0.2) is 54.7 Å². The van der Waals surface area contributed by atoms with E-state index in [4.69, 9.17) is 9.84 Å². The Kier molecular flexibility index (Phi) is 7.13. The second-order valence-corrected chi connectivity index (χ2v) is 8.60. The SMILES string of the molecule is CN(CCO)C1Cc2ccc(NC(=O)C=C3CCCOc4cc(C(F)(F)F)ccc43)cc2NC1=O. The number of fused-ring (bicyclic) bond motifs is 2. The van der Waals surface area contributed by atoms with Gasteiger partial charge in [0.2, 0.25) is 11.8 Å². The number of anilines is 2. The van der Waals surface area contributed by atoms with Crippen LogP contribution in [0.1, 0.15) is 29.5 Å². The molecule has 1 unspecified atom stereocenters. The van der Waals surface area contributed by atoms with Crippen molar-refractivity contribution in [3.63, 3.8) is 0 Å². The monoisotopic (exact) mass is 489 g/mol. The van der Waals surface area contributed by atoms with Crippen LogP contribution in [0.4, 0.5) is 24.5 Å². The molecule has 7 nitrogen and oxygen atoms in total. The number of nitrogens with zero attached hydrogens (tertiary/aromatic N) is 1. The number of aliphatic hydroxyl groups excluding tert-OH is 1. The summed E-state index contributed by atoms with van der Waals surface area (Å²) in [7, 11) is 1.77. The van der Waals surface area contributed by atoms with E-state index in [0.717, 1.165) is 17.7 Å². The first kappa shape index (κ1) is 24.7. The molecule has 0 aliphatic carbocycles. The van der Waals surface area contributed by atoms with Gasteiger partial charge < -0.3 is 20.5 Å². The summed E-state index contributed by atoms with van der Waals surface area (Å²) in [5.41, 5.74) is 2.23. The van der Waals surface area contributed by atoms with Crippen molar-refractivity contribution >= 4 is 28.8 Å². The first-order chi connectivity index (χ1) is 16.7. The van der Waals surface area contributed by atoms with Crippen molar-refractivity contribution in [3.8, 4) is 5.75 Å². The van der Waals surface area contributed by atoms with E-state index in [1.54, 1.807) is 24.1 Å². The molecule has 2 amide bonds. The number of rotatable bonds is 5. The molecule has 2 aromatic rings. The summed E-state index contributed by atoms with van der Waals surface area (Å²) in [5, 5.41) is 14.7. The van der Waals surface area contributed by atoms with Crippen LogP contribution in [0.3, 0.4) is 0 Å². The molecule has 10 heteroatoms. The molecule has 3 N–H and O–H groups in total. The molecule has 2 aliphatic heterocycles. The Morgan fingerprint density at radius 2 is 2.09 bits per heavy atom. The van der Waals surface area contributed by atoms with Crippen molar-refractivity contribution in [1.29, 1.82) is 0 Å². The maximum Gasteiger partial charge on any atom is 0.416 e. The Morgan fingerprint density at radius 1 is 1.29 bits per heavy atom. The van der Waals surface area contributed by atoms with Crippen LogP contribution in [0.5, 0.6) is 5.75 Å². The highest BCUT2D eigenvalue weighted by Gasteiger charge is 2.32. The molecule has 0 fully saturated rings. The van der Waals surface area contributed by atoms with Gasteiger partial charge in [0.1, 0.15) is 5.75 Å². The smallest absolute Gasteiger partial charge is 0.416 e. The molecule has 0 radical (unpaired) electrons. The number of halogens is 3. The number of aliphatic hydroxyl groups is 1. The van der Waals surface area contributed by atoms with Gasteiger partial charge in [0.25, 0.3) is 0 Å². The Labute approximate surface area is 200 Å². The molecule has 0 saturated heterocycles. The first-order valence-corrected chi connectivity index (χ1v) is 11.3. The van der Waals surface area contributed by atoms with E-state index in [1.165, 1.54) is 12.1 Å². The molecule has 0 bridgehead atoms. The van der Waals surface area contributed by atoms with Gasteiger partial charge in [-0.2, -0.15) is 13.2 Å². The highest BCUT2D eigenvalue weighted by Crippen LogP contribution is 2.38. The lowest BCUT2D eigenvalue weighted by Crippen LogP contribution is -2.47. The Morgan fingerprint density at radius 3 is 2.83 bits per heavy atom. The fraction of sp³-hybridized carbons (Fsp3) is 0.360. The number of hydrogen-bond acceptors (Lipinski definition) is 5. The number of nitrogens with one attached hydrogen (secondary N) is 2. The van der Waals surface area contributed by atoms with Crippen molar-refractivity contribution in [1.82, 2.24) is 4.90 Å². The second-order valence-electron chi connectivity index (χ2n) is 8.60. The molecular weight excluding hydrogens is 463 g/mol. The van der Waals surface area contributed by atoms with Crippen LogP contribution in [-0.2, 0) is 22.2 Å². The molecular formula is C25H26F3N3O4. The molecule has 2 aliphatic rings. The molecule has 2 aromatic carbocycles. The predicted octanol–water partition coefficient (Wildman–Crippen LogP) is 3.69. The van der Waals surface area contributed by atoms with Crippen molar-refractivity contribution in [2.24, 2.45) is 0 Å². The number of carbonyl (C=O) groups is 2. The molecule has 35 heavy (non-hydrogen) atoms. The molecule has 1 atom stereocenters. The van der Waals surface area contributed by atoms with Gasteiger partial charge in [-0.3, -0.25) is 14.5 Å². The van der Waals surface area contributed by atoms with Gasteiger partial charge in [-0.1, -0.05) is 12.1 Å². The van der Waals surface area contributed by atoms with E-state index in [2.05, 4.69) is 10.6 Å². The third-order valence-electron chi connectivity index (χ3n) is 6.14. The average Bonchev–Trinajstić information content (AvgIpc) is 2.99. The number of benzene rings is 2. The minimum absolute atomic E-state index is 0.0479. The van der Waals surface area contributed by atoms with Crippen molar-refractivity contribution in [2.45, 2.75) is 31.5 Å². The van der Waals surface area contributed by atoms with Crippen molar-refractivity contribution in [3.05, 3.63) is 59.2 Å². The summed E-state index contributed by atoms with van der Waals surface area (Å²) in [6, 6.07) is 8.11. The molecule has 0 spiro atoms. The summed E-state index contributed by atoms with van der Waals surface area (Å²) >= 11 is 0. The fourth-order valence-electron chi connectivity index (χ4n) is 4.28. The largest absolute Gasteiger partial charge is 0.493 e. The predicted molar refractivity (Wildman–Crippen MR) is 125 cm³/mol. The van der Waals surface area contributed by atoms with E-state index >= 15 is 0 Å². The normalized spacial score (nSPS) is 18.9. The standard InChI is InChI=1S/C25H26F3N3O4/c1-31(8-9-32)21-11-16-4-6-18(14-20(16)30-24(21)34)29-23(33)12-15-3-2-10-35-22-13-17(25(26,27)28)5-7-19(15)22/h4-7,12-14,21,32H,2-3,8-11H2,1H3,(H,29,33)(H,30,34). The number of hydrogen-bond donors (Lipinski definition) is 3. The number of allylic oxidation sites excluding steroid dienone is 1. The third-order valence-corrected chi connectivity index (χ3v) is 6.14. The minimum atomic E-state index is -4.48. The van der Waals surface area contributed by atoms with E-state index in [9.17, 15) is 22.8 Å². The van der Waals surface area contributed by atoms with E-state index in [1.807, 2.05) is 6.07 Å². The van der Waals surface area contributed by atoms with Gasteiger partial charge in [-0.25, -0.2) is 0 Å². The quantitative estimate of drug-likeness (QED) is 0.558. The molecule has 2 heterocycles. The van der Waals surface area contributed by atoms with Crippen LogP contribution in [0.15, 0.2) is 42.5 Å². The lowest BCUT2D eigenvalue weighted by atomic mass is 9.97. The van der Waals surface area contributed by atoms with Crippen molar-refractivity contribution in [2.75, 3.05) is 37.4 Å². The zero-order valence-electron chi connectivity index (χ0n) is 19.1. The maximum atomic E-state index is 13.1. The van der Waals surface area contributed by atoms with Gasteiger partial charge in [0.05, 0.1) is 24.8 Å². The number of alkyl halides is 3. The first-order valence-electron chi connectivity index (χ1n) is 11.3. The molecule has 0 saturated carbocycles. The average molecular weight is 489 g/mol. The highest BCUT2D eigenvalue weighted by molar-refractivity contribution is 6.05. The number of likely N-dealkylation sites (N-methyl/N-ethyl adjacent to an activating group) is 1. The molecule has 4 rings (SSSR count). The van der Waals surface area contributed by atoms with E-state index in [-0.39, 0.29) is 24.9 Å². The van der Waals surface area contributed by atoms with Crippen LogP contribution in [0, 0.1) is 0 Å². The summed E-state index contributed by atoms with van der Waals surface area (Å²) in [6.07, 6.45) is -1.59. The lowest BCUT2D eigenvalue weighted by molar-refractivity contribution is -0.137. The molecule has 186 valence electrons. The molecule has 0 aromatic heterocycles. The summed E-state index contributed by atoms with van der Waals surface area (Å²) in [5.74, 6) is -0.517. The van der Waals surface area contributed by atoms with E-state index < -0.39 is 23.7 Å². The maximum absolute atomic E-state index is 13.1. The van der Waals surface area contributed by atoms with Gasteiger partial charge in [0, 0.05) is 29.6 Å². The Bertz CT molecular complexity index is 1160. The topological polar surface area (TPSA) is 90.9 Å². The minimum Gasteiger partial charge on any atom is -0.493 e. The number of amides is 2. The Hall–Kier alpha value is -3.37. The number of ether oxygens (including phenoxy) is 1. The summed E-state index contributed by atoms with van der Waals surface area (Å²) < 4.78 is 44.7. The van der Waals surface area contributed by atoms with Gasteiger partial charge in [-0.05, 0) is 61.7 Å². The summed E-state index contributed by atoms with van der Waals surface area (Å²) in [6.45, 7) is 0.585. The zero-order valence-corrected chi connectivity index (χ0v) is 19.1. The van der Waals surface area contributed by atoms with Crippen LogP contribution >= 0.6 is 0 Å². The van der Waals surface area contributed by atoms with Crippen molar-refractivity contribution < 1.29 is 32.6 Å². The van der Waals surface area contributed by atoms with Crippen LogP contribution < -0.4 is 15.4 Å². The van der Waals surface area contributed by atoms with Crippen LogP contribution in [0.2, 0.25) is 0 Å². The van der Waals surface area contributed by atoms with Crippen LogP contribution in [0.25, 0.3) is 5.57 Å². The number of carbonyl (C=O) groups excluding carboxylic acids is 2. The Balaban J connectivity index is 1.51. The van der Waals surface area contributed by atoms with Gasteiger partial charge in [-0.15, -0.1) is 0 Å². The fourth-order valence-corrected chi connectivity index (χ4v) is 4.28. The van der Waals surface area contributed by atoms with Gasteiger partial charge >= 0.3 is 6.18 Å². The highest BCUT2D eigenvalue weighted by atomic mass is 19.4. The zero-order chi connectivity index (χ0) is 25.2. The summed E-state index contributed by atoms with van der Waals surface area (Å²) in [4.78, 5) is 27.0. The van der Waals surface area contributed by atoms with E-state index in [0.29, 0.717) is 48.3 Å². The third kappa shape index (κ3) is 5.66.